The van der Waals surface area contributed by atoms with E-state index in [9.17, 15) is 0 Å². The van der Waals surface area contributed by atoms with E-state index < -0.39 is 0 Å². The van der Waals surface area contributed by atoms with Gasteiger partial charge in [0.05, 0.1) is 16.7 Å². The van der Waals surface area contributed by atoms with Gasteiger partial charge in [-0.25, -0.2) is 4.98 Å². The van der Waals surface area contributed by atoms with Crippen LogP contribution in [0.5, 0.6) is 0 Å². The van der Waals surface area contributed by atoms with Gasteiger partial charge in [-0.2, -0.15) is 0 Å². The van der Waals surface area contributed by atoms with Gasteiger partial charge in [-0.15, -0.1) is 11.6 Å². The zero-order valence-electron chi connectivity index (χ0n) is 11.4. The molecule has 0 saturated heterocycles. The minimum atomic E-state index is 0.548. The molecule has 0 radical (unpaired) electrons. The highest BCUT2D eigenvalue weighted by molar-refractivity contribution is 14.1. The van der Waals surface area contributed by atoms with Gasteiger partial charge < -0.3 is 0 Å². The number of aryl methyl sites for hydroxylation is 2. The lowest BCUT2D eigenvalue weighted by Gasteiger charge is -2.12. The Bertz CT molecular complexity index is 811. The third-order valence-corrected chi connectivity index (χ3v) is 4.70. The number of nitrogens with zero attached hydrogens (tertiary/aromatic N) is 2. The van der Waals surface area contributed by atoms with Gasteiger partial charge >= 0.3 is 0 Å². The average molecular weight is 431 g/mol. The Morgan fingerprint density at radius 3 is 2.76 bits per heavy atom. The molecule has 2 nitrogen and oxygen atoms in total. The Morgan fingerprint density at radius 2 is 2.05 bits per heavy atom. The van der Waals surface area contributed by atoms with Crippen molar-refractivity contribution >= 4 is 56.8 Å². The van der Waals surface area contributed by atoms with E-state index in [1.54, 1.807) is 0 Å². The number of hydrogen-bond acceptors (Lipinski definition) is 1. The number of aromatic nitrogens is 2. The van der Waals surface area contributed by atoms with Crippen LogP contribution in [-0.2, 0) is 6.42 Å². The third kappa shape index (κ3) is 2.79. The van der Waals surface area contributed by atoms with Crippen LogP contribution in [0.4, 0.5) is 0 Å². The fourth-order valence-electron chi connectivity index (χ4n) is 2.52. The zero-order valence-corrected chi connectivity index (χ0v) is 15.1. The molecule has 0 fully saturated rings. The second-order valence-electron chi connectivity index (χ2n) is 4.84. The number of para-hydroxylation sites is 1. The van der Waals surface area contributed by atoms with Gasteiger partial charge in [-0.3, -0.25) is 4.57 Å². The lowest BCUT2D eigenvalue weighted by atomic mass is 10.2. The topological polar surface area (TPSA) is 17.8 Å². The van der Waals surface area contributed by atoms with Gasteiger partial charge in [0.2, 0.25) is 0 Å². The van der Waals surface area contributed by atoms with Crippen LogP contribution in [0.2, 0.25) is 5.02 Å². The SMILES string of the molecule is Cc1cccc2nc(CCCl)n(-c3ccc(Cl)cc3I)c12. The molecule has 1 aromatic heterocycles. The highest BCUT2D eigenvalue weighted by Gasteiger charge is 2.15. The van der Waals surface area contributed by atoms with Crippen LogP contribution in [0.15, 0.2) is 36.4 Å². The standard InChI is InChI=1S/C16H13Cl2IN2/c1-10-3-2-4-13-16(10)21(15(20-13)7-8-17)14-6-5-11(18)9-12(14)19/h2-6,9H,7-8H2,1H3. The predicted octanol–water partition coefficient (Wildman–Crippen LogP) is 5.37. The first-order chi connectivity index (χ1) is 10.1. The van der Waals surface area contributed by atoms with Crippen LogP contribution in [0.3, 0.4) is 0 Å². The minimum absolute atomic E-state index is 0.548. The van der Waals surface area contributed by atoms with Gasteiger partial charge in [-0.1, -0.05) is 23.7 Å². The van der Waals surface area contributed by atoms with Crippen molar-refractivity contribution in [3.63, 3.8) is 0 Å². The number of rotatable bonds is 3. The number of hydrogen-bond donors (Lipinski definition) is 0. The Kier molecular flexibility index (Phi) is 4.43. The largest absolute Gasteiger partial charge is 0.295 e. The Labute approximate surface area is 147 Å². The van der Waals surface area contributed by atoms with Crippen molar-refractivity contribution in [1.29, 1.82) is 0 Å². The summed E-state index contributed by atoms with van der Waals surface area (Å²) >= 11 is 14.3. The molecule has 21 heavy (non-hydrogen) atoms. The van der Waals surface area contributed by atoms with Crippen molar-refractivity contribution in [2.24, 2.45) is 0 Å². The monoisotopic (exact) mass is 430 g/mol. The van der Waals surface area contributed by atoms with Crippen LogP contribution in [-0.4, -0.2) is 15.4 Å². The molecule has 3 aromatic rings. The molecule has 0 bridgehead atoms. The lowest BCUT2D eigenvalue weighted by Crippen LogP contribution is -2.04. The van der Waals surface area contributed by atoms with E-state index in [2.05, 4.69) is 40.1 Å². The summed E-state index contributed by atoms with van der Waals surface area (Å²) in [6, 6.07) is 12.1. The predicted molar refractivity (Wildman–Crippen MR) is 98.0 cm³/mol. The number of halogens is 3. The normalized spacial score (nSPS) is 11.2. The average Bonchev–Trinajstić information content (AvgIpc) is 2.79. The van der Waals surface area contributed by atoms with Crippen LogP contribution >= 0.6 is 45.8 Å². The van der Waals surface area contributed by atoms with Crippen molar-refractivity contribution in [1.82, 2.24) is 9.55 Å². The molecule has 108 valence electrons. The van der Waals surface area contributed by atoms with Crippen molar-refractivity contribution < 1.29 is 0 Å². The molecular formula is C16H13Cl2IN2. The molecule has 0 aliphatic heterocycles. The molecule has 3 rings (SSSR count). The summed E-state index contributed by atoms with van der Waals surface area (Å²) in [6.45, 7) is 2.10. The van der Waals surface area contributed by atoms with E-state index in [0.717, 1.165) is 37.6 Å². The number of imidazole rings is 1. The van der Waals surface area contributed by atoms with Crippen LogP contribution in [0.1, 0.15) is 11.4 Å². The lowest BCUT2D eigenvalue weighted by molar-refractivity contribution is 0.907. The fraction of sp³-hybridized carbons (Fsp3) is 0.188. The molecule has 0 aliphatic carbocycles. The van der Waals surface area contributed by atoms with Crippen molar-refractivity contribution in [3.8, 4) is 5.69 Å². The van der Waals surface area contributed by atoms with Crippen LogP contribution in [0, 0.1) is 10.5 Å². The molecule has 2 aromatic carbocycles. The second-order valence-corrected chi connectivity index (χ2v) is 6.82. The summed E-state index contributed by atoms with van der Waals surface area (Å²) in [5, 5.41) is 0.739. The number of fused-ring (bicyclic) bond motifs is 1. The summed E-state index contributed by atoms with van der Waals surface area (Å²) in [7, 11) is 0. The Balaban J connectivity index is 2.35. The maximum absolute atomic E-state index is 6.08. The summed E-state index contributed by atoms with van der Waals surface area (Å²) in [5.41, 5.74) is 4.43. The van der Waals surface area contributed by atoms with E-state index in [4.69, 9.17) is 28.2 Å². The Morgan fingerprint density at radius 1 is 1.24 bits per heavy atom. The molecule has 0 aliphatic rings. The van der Waals surface area contributed by atoms with Gasteiger partial charge in [0.25, 0.3) is 0 Å². The molecular weight excluding hydrogens is 418 g/mol. The van der Waals surface area contributed by atoms with E-state index in [-0.39, 0.29) is 0 Å². The summed E-state index contributed by atoms with van der Waals surface area (Å²) in [4.78, 5) is 4.75. The first kappa shape index (κ1) is 15.1. The number of alkyl halides is 1. The maximum atomic E-state index is 6.08. The van der Waals surface area contributed by atoms with Gasteiger partial charge in [0.1, 0.15) is 5.82 Å². The molecule has 0 spiro atoms. The first-order valence-electron chi connectivity index (χ1n) is 6.60. The quantitative estimate of drug-likeness (QED) is 0.403. The summed E-state index contributed by atoms with van der Waals surface area (Å²) in [5.74, 6) is 1.53. The highest BCUT2D eigenvalue weighted by Crippen LogP contribution is 2.29. The van der Waals surface area contributed by atoms with E-state index >= 15 is 0 Å². The highest BCUT2D eigenvalue weighted by atomic mass is 127. The summed E-state index contributed by atoms with van der Waals surface area (Å²) < 4.78 is 3.30. The molecule has 0 N–H and O–H groups in total. The molecule has 0 unspecified atom stereocenters. The van der Waals surface area contributed by atoms with Crippen LogP contribution < -0.4 is 0 Å². The van der Waals surface area contributed by atoms with Crippen molar-refractivity contribution in [2.45, 2.75) is 13.3 Å². The maximum Gasteiger partial charge on any atom is 0.115 e. The second kappa shape index (κ2) is 6.15. The molecule has 5 heteroatoms. The van der Waals surface area contributed by atoms with Crippen molar-refractivity contribution in [2.75, 3.05) is 5.88 Å². The van der Waals surface area contributed by atoms with E-state index in [1.165, 1.54) is 5.56 Å². The van der Waals surface area contributed by atoms with Crippen molar-refractivity contribution in [3.05, 3.63) is 56.4 Å². The van der Waals surface area contributed by atoms with Gasteiger partial charge in [-0.05, 0) is 59.3 Å². The smallest absolute Gasteiger partial charge is 0.115 e. The number of benzene rings is 2. The van der Waals surface area contributed by atoms with Crippen LogP contribution in [0.25, 0.3) is 16.7 Å². The van der Waals surface area contributed by atoms with Gasteiger partial charge in [0, 0.05) is 20.9 Å². The Hall–Kier alpha value is -0.780. The minimum Gasteiger partial charge on any atom is -0.295 e. The summed E-state index contributed by atoms with van der Waals surface area (Å²) in [6.07, 6.45) is 0.731. The third-order valence-electron chi connectivity index (χ3n) is 3.42. The van der Waals surface area contributed by atoms with E-state index in [1.807, 2.05) is 30.3 Å². The first-order valence-corrected chi connectivity index (χ1v) is 8.59. The zero-order chi connectivity index (χ0) is 15.0. The van der Waals surface area contributed by atoms with E-state index in [0.29, 0.717) is 5.88 Å². The fourth-order valence-corrected chi connectivity index (χ4v) is 3.80. The molecule has 0 atom stereocenters. The molecule has 1 heterocycles. The van der Waals surface area contributed by atoms with Gasteiger partial charge in [0.15, 0.2) is 0 Å². The molecule has 0 amide bonds. The molecule has 0 saturated carbocycles.